The maximum absolute atomic E-state index is 10.0. The van der Waals surface area contributed by atoms with Crippen LogP contribution in [-0.4, -0.2) is 16.0 Å². The summed E-state index contributed by atoms with van der Waals surface area (Å²) in [4.78, 5) is 21.3. The zero-order valence-corrected chi connectivity index (χ0v) is 6.98. The van der Waals surface area contributed by atoms with Crippen molar-refractivity contribution < 1.29 is 4.79 Å². The number of aliphatic imine (C=N–C) groups is 1. The molecule has 1 aromatic rings. The Morgan fingerprint density at radius 1 is 1.58 bits per heavy atom. The van der Waals surface area contributed by atoms with Gasteiger partial charge in [0, 0.05) is 0 Å². The van der Waals surface area contributed by atoms with Crippen LogP contribution in [0.1, 0.15) is 25.5 Å². The summed E-state index contributed by atoms with van der Waals surface area (Å²) in [5, 5.41) is 0. The zero-order valence-electron chi connectivity index (χ0n) is 6.98. The predicted molar refractivity (Wildman–Crippen MR) is 43.9 cm³/mol. The summed E-state index contributed by atoms with van der Waals surface area (Å²) >= 11 is 0. The molecule has 0 amide bonds. The molecule has 0 unspecified atom stereocenters. The maximum Gasteiger partial charge on any atom is 0.240 e. The molecule has 0 fully saturated rings. The van der Waals surface area contributed by atoms with E-state index in [1.807, 2.05) is 13.8 Å². The minimum absolute atomic E-state index is 0.236. The Labute approximate surface area is 70.4 Å². The molecule has 0 N–H and O–H groups in total. The number of carbonyl (C=O) groups excluding carboxylic acids is 1. The van der Waals surface area contributed by atoms with Crippen molar-refractivity contribution in [3.05, 3.63) is 18.2 Å². The quantitative estimate of drug-likeness (QED) is 0.491. The summed E-state index contributed by atoms with van der Waals surface area (Å²) in [6.07, 6.45) is 4.43. The molecule has 4 heteroatoms. The van der Waals surface area contributed by atoms with Crippen LogP contribution in [0.5, 0.6) is 0 Å². The van der Waals surface area contributed by atoms with E-state index in [1.165, 1.54) is 18.6 Å². The van der Waals surface area contributed by atoms with E-state index in [0.717, 1.165) is 5.69 Å². The van der Waals surface area contributed by atoms with Crippen molar-refractivity contribution in [3.8, 4) is 0 Å². The first-order chi connectivity index (χ1) is 5.75. The molecule has 1 heterocycles. The minimum Gasteiger partial charge on any atom is -0.243 e. The van der Waals surface area contributed by atoms with Crippen molar-refractivity contribution in [2.24, 2.45) is 4.99 Å². The van der Waals surface area contributed by atoms with E-state index in [1.54, 1.807) is 0 Å². The van der Waals surface area contributed by atoms with Gasteiger partial charge in [-0.15, -0.1) is 0 Å². The highest BCUT2D eigenvalue weighted by molar-refractivity contribution is 5.50. The van der Waals surface area contributed by atoms with Crippen LogP contribution < -0.4 is 0 Å². The Morgan fingerprint density at radius 2 is 2.33 bits per heavy atom. The van der Waals surface area contributed by atoms with E-state index in [2.05, 4.69) is 15.0 Å². The molecule has 0 aliphatic rings. The summed E-state index contributed by atoms with van der Waals surface area (Å²) in [6.45, 7) is 3.96. The van der Waals surface area contributed by atoms with Crippen LogP contribution in [0.15, 0.2) is 17.5 Å². The summed E-state index contributed by atoms with van der Waals surface area (Å²) in [7, 11) is 0. The highest BCUT2D eigenvalue weighted by Gasteiger charge is 2.06. The van der Waals surface area contributed by atoms with E-state index < -0.39 is 0 Å². The van der Waals surface area contributed by atoms with Crippen LogP contribution in [0.4, 0.5) is 5.69 Å². The fourth-order valence-corrected chi connectivity index (χ4v) is 0.912. The molecule has 12 heavy (non-hydrogen) atoms. The van der Waals surface area contributed by atoms with E-state index in [4.69, 9.17) is 0 Å². The first-order valence-electron chi connectivity index (χ1n) is 3.63. The van der Waals surface area contributed by atoms with E-state index >= 15 is 0 Å². The Morgan fingerprint density at radius 3 is 2.92 bits per heavy atom. The number of aromatic nitrogens is 2. The summed E-state index contributed by atoms with van der Waals surface area (Å²) in [6, 6.07) is 0. The third-order valence-electron chi connectivity index (χ3n) is 1.44. The molecule has 0 aliphatic heterocycles. The molecule has 1 aromatic heterocycles. The van der Waals surface area contributed by atoms with Gasteiger partial charge in [-0.2, -0.15) is 4.99 Å². The molecule has 0 aliphatic carbocycles. The third kappa shape index (κ3) is 1.74. The molecule has 0 atom stereocenters. The summed E-state index contributed by atoms with van der Waals surface area (Å²) in [5.41, 5.74) is 1.27. The molecule has 0 spiro atoms. The second-order valence-corrected chi connectivity index (χ2v) is 2.65. The first kappa shape index (κ1) is 8.56. The molecular weight excluding hydrogens is 154 g/mol. The lowest BCUT2D eigenvalue weighted by Gasteiger charge is -2.04. The molecule has 0 saturated carbocycles. The third-order valence-corrected chi connectivity index (χ3v) is 1.44. The lowest BCUT2D eigenvalue weighted by molar-refractivity contribution is 0.565. The van der Waals surface area contributed by atoms with Gasteiger partial charge in [-0.05, 0) is 5.92 Å². The van der Waals surface area contributed by atoms with Gasteiger partial charge in [0.15, 0.2) is 0 Å². The summed E-state index contributed by atoms with van der Waals surface area (Å²) in [5.74, 6) is 0.236. The van der Waals surface area contributed by atoms with Crippen LogP contribution in [0.25, 0.3) is 0 Å². The lowest BCUT2D eigenvalue weighted by Crippen LogP contribution is -1.93. The van der Waals surface area contributed by atoms with Crippen LogP contribution in [0, 0.1) is 0 Å². The average Bonchev–Trinajstić information content (AvgIpc) is 2.05. The fourth-order valence-electron chi connectivity index (χ4n) is 0.912. The van der Waals surface area contributed by atoms with Gasteiger partial charge in [0.2, 0.25) is 6.08 Å². The normalized spacial score (nSPS) is 9.58. The highest BCUT2D eigenvalue weighted by atomic mass is 16.1. The monoisotopic (exact) mass is 163 g/mol. The predicted octanol–water partition coefficient (Wildman–Crippen LogP) is 1.57. The molecule has 0 saturated heterocycles. The average molecular weight is 163 g/mol. The Kier molecular flexibility index (Phi) is 2.66. The second-order valence-electron chi connectivity index (χ2n) is 2.65. The number of hydrogen-bond acceptors (Lipinski definition) is 4. The maximum atomic E-state index is 10.0. The van der Waals surface area contributed by atoms with Crippen LogP contribution in [0.2, 0.25) is 0 Å². The second kappa shape index (κ2) is 3.74. The van der Waals surface area contributed by atoms with Crippen molar-refractivity contribution in [1.82, 2.24) is 9.97 Å². The van der Waals surface area contributed by atoms with Crippen LogP contribution in [-0.2, 0) is 4.79 Å². The fraction of sp³-hybridized carbons (Fsp3) is 0.375. The van der Waals surface area contributed by atoms with Crippen molar-refractivity contribution in [3.63, 3.8) is 0 Å². The molecule has 1 rings (SSSR count). The SMILES string of the molecule is CC(C)c1ncncc1N=C=O. The number of rotatable bonds is 2. The van der Waals surface area contributed by atoms with Gasteiger partial charge in [-0.1, -0.05) is 13.8 Å². The van der Waals surface area contributed by atoms with E-state index in [-0.39, 0.29) is 5.92 Å². The zero-order chi connectivity index (χ0) is 8.97. The van der Waals surface area contributed by atoms with Crippen LogP contribution >= 0.6 is 0 Å². The first-order valence-corrected chi connectivity index (χ1v) is 3.63. The van der Waals surface area contributed by atoms with E-state index in [0.29, 0.717) is 5.69 Å². The van der Waals surface area contributed by atoms with Crippen molar-refractivity contribution in [2.75, 3.05) is 0 Å². The van der Waals surface area contributed by atoms with Gasteiger partial charge in [-0.3, -0.25) is 0 Å². The Balaban J connectivity index is 3.17. The van der Waals surface area contributed by atoms with Crippen molar-refractivity contribution in [2.45, 2.75) is 19.8 Å². The van der Waals surface area contributed by atoms with Crippen molar-refractivity contribution >= 4 is 11.8 Å². The molecule has 0 radical (unpaired) electrons. The molecule has 0 bridgehead atoms. The summed E-state index contributed by atoms with van der Waals surface area (Å²) < 4.78 is 0. The van der Waals surface area contributed by atoms with Gasteiger partial charge in [0.05, 0.1) is 11.9 Å². The smallest absolute Gasteiger partial charge is 0.240 e. The van der Waals surface area contributed by atoms with E-state index in [9.17, 15) is 4.79 Å². The molecular formula is C8H9N3O. The molecule has 0 aromatic carbocycles. The largest absolute Gasteiger partial charge is 0.243 e. The standard InChI is InChI=1S/C8H9N3O/c1-6(2)8-7(11-5-12)3-9-4-10-8/h3-4,6H,1-2H3. The Hall–Kier alpha value is -1.54. The Bertz CT molecular complexity index is 316. The van der Waals surface area contributed by atoms with Crippen LogP contribution in [0.3, 0.4) is 0 Å². The number of hydrogen-bond donors (Lipinski definition) is 0. The van der Waals surface area contributed by atoms with Gasteiger partial charge in [0.25, 0.3) is 0 Å². The van der Waals surface area contributed by atoms with Gasteiger partial charge in [0.1, 0.15) is 12.0 Å². The lowest BCUT2D eigenvalue weighted by atomic mass is 10.1. The number of isocyanates is 1. The van der Waals surface area contributed by atoms with Crippen molar-refractivity contribution in [1.29, 1.82) is 0 Å². The minimum atomic E-state index is 0.236. The number of nitrogens with zero attached hydrogens (tertiary/aromatic N) is 3. The van der Waals surface area contributed by atoms with Gasteiger partial charge >= 0.3 is 0 Å². The molecule has 4 nitrogen and oxygen atoms in total. The van der Waals surface area contributed by atoms with Gasteiger partial charge in [-0.25, -0.2) is 14.8 Å². The topological polar surface area (TPSA) is 55.2 Å². The van der Waals surface area contributed by atoms with Gasteiger partial charge < -0.3 is 0 Å². The highest BCUT2D eigenvalue weighted by Crippen LogP contribution is 2.21. The molecule has 62 valence electrons.